The van der Waals surface area contributed by atoms with E-state index in [1.807, 2.05) is 24.3 Å². The van der Waals surface area contributed by atoms with Gasteiger partial charge in [0.25, 0.3) is 5.91 Å². The highest BCUT2D eigenvalue weighted by atomic mass is 16.7. The maximum Gasteiger partial charge on any atom is 0.262 e. The molecule has 1 aliphatic rings. The Kier molecular flexibility index (Phi) is 4.46. The lowest BCUT2D eigenvalue weighted by Crippen LogP contribution is -2.20. The Labute approximate surface area is 140 Å². The molecule has 24 heavy (non-hydrogen) atoms. The number of carbonyl (C=O) groups is 1. The number of nitrogen functional groups attached to an aromatic ring is 1. The van der Waals surface area contributed by atoms with Crippen LogP contribution in [0.15, 0.2) is 36.4 Å². The van der Waals surface area contributed by atoms with E-state index in [0.717, 1.165) is 5.56 Å². The van der Waals surface area contributed by atoms with Crippen LogP contribution in [0.4, 0.5) is 11.4 Å². The lowest BCUT2D eigenvalue weighted by molar-refractivity contribution is -0.118. The summed E-state index contributed by atoms with van der Waals surface area (Å²) in [5.41, 5.74) is 7.96. The largest absolute Gasteiger partial charge is 0.484 e. The first kappa shape index (κ1) is 16.0. The number of rotatable bonds is 5. The standard InChI is InChI=1S/C18H20N2O4/c1-11(2)12-4-3-5-13(6-12)22-9-18(21)20-15-8-17-16(7-14(15)19)23-10-24-17/h3-8,11H,9-10,19H2,1-2H3,(H,20,21). The molecule has 0 saturated heterocycles. The highest BCUT2D eigenvalue weighted by Gasteiger charge is 2.17. The molecule has 6 nitrogen and oxygen atoms in total. The van der Waals surface area contributed by atoms with E-state index in [4.69, 9.17) is 19.9 Å². The van der Waals surface area contributed by atoms with Crippen molar-refractivity contribution in [2.24, 2.45) is 0 Å². The number of anilines is 2. The predicted molar refractivity (Wildman–Crippen MR) is 91.6 cm³/mol. The Morgan fingerprint density at radius 2 is 2.00 bits per heavy atom. The zero-order valence-corrected chi connectivity index (χ0v) is 13.7. The minimum atomic E-state index is -0.296. The molecule has 0 unspecified atom stereocenters. The maximum atomic E-state index is 12.1. The van der Waals surface area contributed by atoms with Gasteiger partial charge in [0.2, 0.25) is 6.79 Å². The molecule has 6 heteroatoms. The molecule has 0 atom stereocenters. The van der Waals surface area contributed by atoms with Crippen molar-refractivity contribution >= 4 is 17.3 Å². The molecule has 0 bridgehead atoms. The van der Waals surface area contributed by atoms with Crippen molar-refractivity contribution in [1.82, 2.24) is 0 Å². The van der Waals surface area contributed by atoms with Crippen molar-refractivity contribution in [3.05, 3.63) is 42.0 Å². The highest BCUT2D eigenvalue weighted by molar-refractivity contribution is 5.95. The number of nitrogens with one attached hydrogen (secondary N) is 1. The highest BCUT2D eigenvalue weighted by Crippen LogP contribution is 2.38. The topological polar surface area (TPSA) is 82.8 Å². The maximum absolute atomic E-state index is 12.1. The first-order valence-electron chi connectivity index (χ1n) is 7.74. The third kappa shape index (κ3) is 3.53. The van der Waals surface area contributed by atoms with Gasteiger partial charge in [-0.1, -0.05) is 26.0 Å². The number of carbonyl (C=O) groups excluding carboxylic acids is 1. The smallest absolute Gasteiger partial charge is 0.262 e. The van der Waals surface area contributed by atoms with E-state index in [2.05, 4.69) is 19.2 Å². The SMILES string of the molecule is CC(C)c1cccc(OCC(=O)Nc2cc3c(cc2N)OCO3)c1. The van der Waals surface area contributed by atoms with Gasteiger partial charge in [0.1, 0.15) is 5.75 Å². The van der Waals surface area contributed by atoms with E-state index >= 15 is 0 Å². The molecule has 0 aromatic heterocycles. The van der Waals surface area contributed by atoms with Gasteiger partial charge in [-0.15, -0.1) is 0 Å². The number of ether oxygens (including phenoxy) is 3. The number of fused-ring (bicyclic) bond motifs is 1. The van der Waals surface area contributed by atoms with Crippen LogP contribution in [0.25, 0.3) is 0 Å². The fraction of sp³-hybridized carbons (Fsp3) is 0.278. The number of amides is 1. The van der Waals surface area contributed by atoms with Gasteiger partial charge in [-0.2, -0.15) is 0 Å². The molecule has 2 aromatic rings. The lowest BCUT2D eigenvalue weighted by Gasteiger charge is -2.11. The van der Waals surface area contributed by atoms with Crippen molar-refractivity contribution in [2.45, 2.75) is 19.8 Å². The van der Waals surface area contributed by atoms with E-state index in [9.17, 15) is 4.79 Å². The fourth-order valence-corrected chi connectivity index (χ4v) is 2.36. The summed E-state index contributed by atoms with van der Waals surface area (Å²) < 4.78 is 16.1. The summed E-state index contributed by atoms with van der Waals surface area (Å²) >= 11 is 0. The second-order valence-corrected chi connectivity index (χ2v) is 5.86. The molecule has 1 heterocycles. The quantitative estimate of drug-likeness (QED) is 0.824. The Morgan fingerprint density at radius 3 is 2.75 bits per heavy atom. The second-order valence-electron chi connectivity index (χ2n) is 5.86. The van der Waals surface area contributed by atoms with Crippen molar-refractivity contribution in [3.63, 3.8) is 0 Å². The Morgan fingerprint density at radius 1 is 1.25 bits per heavy atom. The van der Waals surface area contributed by atoms with Crippen LogP contribution < -0.4 is 25.3 Å². The summed E-state index contributed by atoms with van der Waals surface area (Å²) in [4.78, 5) is 12.1. The van der Waals surface area contributed by atoms with Crippen molar-refractivity contribution in [3.8, 4) is 17.2 Å². The molecule has 1 amide bonds. The average Bonchev–Trinajstić information content (AvgIpc) is 3.00. The van der Waals surface area contributed by atoms with Gasteiger partial charge in [0.15, 0.2) is 18.1 Å². The third-order valence-corrected chi connectivity index (χ3v) is 3.71. The van der Waals surface area contributed by atoms with Crippen LogP contribution in [0.1, 0.15) is 25.3 Å². The molecule has 3 N–H and O–H groups in total. The molecule has 0 saturated carbocycles. The molecule has 126 valence electrons. The van der Waals surface area contributed by atoms with Gasteiger partial charge in [0, 0.05) is 12.1 Å². The van der Waals surface area contributed by atoms with E-state index in [1.165, 1.54) is 0 Å². The monoisotopic (exact) mass is 328 g/mol. The van der Waals surface area contributed by atoms with Gasteiger partial charge in [0.05, 0.1) is 11.4 Å². The van der Waals surface area contributed by atoms with E-state index in [-0.39, 0.29) is 19.3 Å². The van der Waals surface area contributed by atoms with Crippen LogP contribution in [0.5, 0.6) is 17.2 Å². The minimum Gasteiger partial charge on any atom is -0.484 e. The van der Waals surface area contributed by atoms with Crippen LogP contribution >= 0.6 is 0 Å². The van der Waals surface area contributed by atoms with Gasteiger partial charge in [-0.05, 0) is 23.6 Å². The van der Waals surface area contributed by atoms with Crippen LogP contribution in [0, 0.1) is 0 Å². The molecular weight excluding hydrogens is 308 g/mol. The van der Waals surface area contributed by atoms with E-state index in [1.54, 1.807) is 12.1 Å². The Hall–Kier alpha value is -2.89. The minimum absolute atomic E-state index is 0.102. The molecule has 0 radical (unpaired) electrons. The second kappa shape index (κ2) is 6.70. The van der Waals surface area contributed by atoms with Crippen LogP contribution in [0.3, 0.4) is 0 Å². The van der Waals surface area contributed by atoms with Crippen molar-refractivity contribution in [1.29, 1.82) is 0 Å². The molecule has 1 aliphatic heterocycles. The molecule has 3 rings (SSSR count). The summed E-state index contributed by atoms with van der Waals surface area (Å²) in [5, 5.41) is 2.72. The number of nitrogens with two attached hydrogens (primary N) is 1. The summed E-state index contributed by atoms with van der Waals surface area (Å²) in [6.45, 7) is 4.26. The number of benzene rings is 2. The van der Waals surface area contributed by atoms with Crippen molar-refractivity contribution in [2.75, 3.05) is 24.5 Å². The van der Waals surface area contributed by atoms with Gasteiger partial charge < -0.3 is 25.3 Å². The molecule has 2 aromatic carbocycles. The average molecular weight is 328 g/mol. The molecule has 0 spiro atoms. The third-order valence-electron chi connectivity index (χ3n) is 3.71. The van der Waals surface area contributed by atoms with Crippen LogP contribution in [-0.2, 0) is 4.79 Å². The summed E-state index contributed by atoms with van der Waals surface area (Å²) in [7, 11) is 0. The van der Waals surface area contributed by atoms with E-state index in [0.29, 0.717) is 34.5 Å². The number of hydrogen-bond donors (Lipinski definition) is 2. The van der Waals surface area contributed by atoms with Crippen molar-refractivity contribution < 1.29 is 19.0 Å². The zero-order chi connectivity index (χ0) is 17.1. The van der Waals surface area contributed by atoms with Gasteiger partial charge in [-0.3, -0.25) is 4.79 Å². The molecule has 0 aliphatic carbocycles. The van der Waals surface area contributed by atoms with Crippen LogP contribution in [-0.4, -0.2) is 19.3 Å². The summed E-state index contributed by atoms with van der Waals surface area (Å²) in [5.74, 6) is 1.90. The van der Waals surface area contributed by atoms with Gasteiger partial charge >= 0.3 is 0 Å². The van der Waals surface area contributed by atoms with Crippen LogP contribution in [0.2, 0.25) is 0 Å². The number of hydrogen-bond acceptors (Lipinski definition) is 5. The first-order chi connectivity index (χ1) is 11.5. The Bertz CT molecular complexity index is 759. The first-order valence-corrected chi connectivity index (χ1v) is 7.74. The fourth-order valence-electron chi connectivity index (χ4n) is 2.36. The summed E-state index contributed by atoms with van der Waals surface area (Å²) in [6.07, 6.45) is 0. The van der Waals surface area contributed by atoms with E-state index < -0.39 is 0 Å². The summed E-state index contributed by atoms with van der Waals surface area (Å²) in [6, 6.07) is 11.0. The zero-order valence-electron chi connectivity index (χ0n) is 13.7. The normalized spacial score (nSPS) is 12.3. The van der Waals surface area contributed by atoms with Gasteiger partial charge in [-0.25, -0.2) is 0 Å². The predicted octanol–water partition coefficient (Wildman–Crippen LogP) is 3.14. The molecular formula is C18H20N2O4. The lowest BCUT2D eigenvalue weighted by atomic mass is 10.0. The molecule has 0 fully saturated rings. The Balaban J connectivity index is 1.61.